The minimum absolute atomic E-state index is 0.0457. The molecular formula is C21H27N9O9P2S2. The summed E-state index contributed by atoms with van der Waals surface area (Å²) in [6.07, 6.45) is 2.29. The quantitative estimate of drug-likeness (QED) is 0.103. The topological polar surface area (TPSA) is 250 Å². The molecule has 43 heavy (non-hydrogen) atoms. The predicted octanol–water partition coefficient (Wildman–Crippen LogP) is 1.36. The van der Waals surface area contributed by atoms with Crippen LogP contribution in [0.2, 0.25) is 0 Å². The Balaban J connectivity index is 1.11. The van der Waals surface area contributed by atoms with Crippen molar-refractivity contribution >= 4 is 71.5 Å². The summed E-state index contributed by atoms with van der Waals surface area (Å²) >= 11 is 8.84. The SMILES string of the molecule is Nc1nc2c(ncn2[C@H]2CC[C@@H](COP(O)(=S)OC3C[C@H](n4ccc5c(N)ncnc54)OC3COP(=O)(O)S)O2)c(=O)[nH]1. The van der Waals surface area contributed by atoms with Crippen molar-refractivity contribution in [1.82, 2.24) is 34.1 Å². The molecule has 4 aromatic rings. The molecule has 6 heterocycles. The lowest BCUT2D eigenvalue weighted by atomic mass is 10.2. The Morgan fingerprint density at radius 1 is 1.12 bits per heavy atom. The first-order valence-electron chi connectivity index (χ1n) is 12.8. The van der Waals surface area contributed by atoms with Crippen LogP contribution in [0.1, 0.15) is 31.7 Å². The molecule has 0 aliphatic carbocycles. The summed E-state index contributed by atoms with van der Waals surface area (Å²) in [6.45, 7) is -8.48. The van der Waals surface area contributed by atoms with Crippen molar-refractivity contribution in [2.75, 3.05) is 24.7 Å². The maximum Gasteiger partial charge on any atom is 0.383 e. The van der Waals surface area contributed by atoms with E-state index >= 15 is 0 Å². The Labute approximate surface area is 252 Å². The van der Waals surface area contributed by atoms with Gasteiger partial charge in [-0.25, -0.2) is 19.5 Å². The van der Waals surface area contributed by atoms with Crippen LogP contribution in [0.15, 0.2) is 29.7 Å². The maximum absolute atomic E-state index is 12.1. The summed E-state index contributed by atoms with van der Waals surface area (Å²) in [6, 6.07) is 1.73. The number of thiol groups is 1. The second-order valence-electron chi connectivity index (χ2n) is 9.84. The van der Waals surface area contributed by atoms with Crippen LogP contribution >= 0.6 is 25.8 Å². The molecule has 0 spiro atoms. The second kappa shape index (κ2) is 11.8. The highest BCUT2D eigenvalue weighted by molar-refractivity contribution is 8.44. The fraction of sp³-hybridized carbons (Fsp3) is 0.476. The van der Waals surface area contributed by atoms with Crippen LogP contribution in [0.4, 0.5) is 11.8 Å². The molecular weight excluding hydrogens is 648 g/mol. The molecule has 232 valence electrons. The van der Waals surface area contributed by atoms with Gasteiger partial charge in [-0.3, -0.25) is 18.9 Å². The average molecular weight is 676 g/mol. The van der Waals surface area contributed by atoms with Gasteiger partial charge in [0.2, 0.25) is 5.95 Å². The van der Waals surface area contributed by atoms with Gasteiger partial charge in [-0.1, -0.05) is 12.2 Å². The van der Waals surface area contributed by atoms with E-state index < -0.39 is 49.8 Å². The maximum atomic E-state index is 12.1. The zero-order chi connectivity index (χ0) is 30.5. The Bertz CT molecular complexity index is 1810. The van der Waals surface area contributed by atoms with E-state index in [1.807, 2.05) is 0 Å². The number of hydrogen-bond acceptors (Lipinski definition) is 14. The summed E-state index contributed by atoms with van der Waals surface area (Å²) in [5.74, 6) is 0.243. The van der Waals surface area contributed by atoms with Crippen LogP contribution in [0.3, 0.4) is 0 Å². The van der Waals surface area contributed by atoms with Crippen LogP contribution in [-0.4, -0.2) is 75.4 Å². The molecule has 2 aliphatic rings. The van der Waals surface area contributed by atoms with Crippen LogP contribution in [0, 0.1) is 0 Å². The Morgan fingerprint density at radius 2 is 1.93 bits per heavy atom. The number of aromatic nitrogens is 7. The number of aromatic amines is 1. The third-order valence-corrected chi connectivity index (χ3v) is 9.39. The minimum Gasteiger partial charge on any atom is -0.383 e. The lowest BCUT2D eigenvalue weighted by molar-refractivity contribution is -0.0406. The van der Waals surface area contributed by atoms with Gasteiger partial charge in [-0.2, -0.15) is 4.98 Å². The molecule has 7 atom stereocenters. The molecule has 0 bridgehead atoms. The Morgan fingerprint density at radius 3 is 2.72 bits per heavy atom. The standard InChI is InChI=1S/C21H27N9O9P2S2/c22-17-11-3-4-29(18(11)25-8-24-17)15-5-12(13(38-15)7-35-40(32,33)42)39-41(34,43)36-6-10-1-2-14(37-10)30-9-26-16-19(30)27-21(23)28-20(16)31/h3-4,8-10,12-15H,1-2,5-7H2,(H,34,43)(H2,22,24,25)(H2,32,33,42)(H3,23,27,28,31)/t10-,12?,13?,14+,15+,41?/m0/s1. The highest BCUT2D eigenvalue weighted by Gasteiger charge is 2.42. The number of nitrogens with one attached hydrogen (secondary N) is 1. The van der Waals surface area contributed by atoms with Crippen molar-refractivity contribution < 1.29 is 37.4 Å². The lowest BCUT2D eigenvalue weighted by Crippen LogP contribution is -2.28. The summed E-state index contributed by atoms with van der Waals surface area (Å²) in [5, 5.41) is 0.610. The summed E-state index contributed by atoms with van der Waals surface area (Å²) in [5.41, 5.74) is 12.1. The van der Waals surface area contributed by atoms with E-state index in [2.05, 4.69) is 37.2 Å². The van der Waals surface area contributed by atoms with E-state index in [1.54, 1.807) is 21.4 Å². The van der Waals surface area contributed by atoms with Gasteiger partial charge in [0, 0.05) is 12.6 Å². The first-order valence-corrected chi connectivity index (χ1v) is 18.1. The van der Waals surface area contributed by atoms with E-state index in [0.29, 0.717) is 23.9 Å². The number of fused-ring (bicyclic) bond motifs is 2. The summed E-state index contributed by atoms with van der Waals surface area (Å²) < 4.78 is 43.6. The molecule has 0 saturated carbocycles. The molecule has 6 rings (SSSR count). The Hall–Kier alpha value is -2.48. The Kier molecular flexibility index (Phi) is 8.38. The van der Waals surface area contributed by atoms with Crippen molar-refractivity contribution in [2.24, 2.45) is 0 Å². The van der Waals surface area contributed by atoms with Crippen molar-refractivity contribution in [3.63, 3.8) is 0 Å². The van der Waals surface area contributed by atoms with Gasteiger partial charge in [0.25, 0.3) is 5.56 Å². The number of anilines is 2. The van der Waals surface area contributed by atoms with Gasteiger partial charge in [-0.05, 0) is 30.7 Å². The molecule has 7 N–H and O–H groups in total. The van der Waals surface area contributed by atoms with Crippen LogP contribution in [0.25, 0.3) is 22.2 Å². The third kappa shape index (κ3) is 6.64. The monoisotopic (exact) mass is 675 g/mol. The van der Waals surface area contributed by atoms with Crippen molar-refractivity contribution in [2.45, 2.75) is 50.0 Å². The molecule has 0 aromatic carbocycles. The van der Waals surface area contributed by atoms with Gasteiger partial charge < -0.3 is 44.3 Å². The molecule has 18 nitrogen and oxygen atoms in total. The normalized spacial score (nSPS) is 27.1. The summed E-state index contributed by atoms with van der Waals surface area (Å²) in [7, 11) is 0. The smallest absolute Gasteiger partial charge is 0.383 e. The molecule has 4 aromatic heterocycles. The number of imidazole rings is 1. The van der Waals surface area contributed by atoms with E-state index in [-0.39, 0.29) is 42.6 Å². The molecule has 2 saturated heterocycles. The second-order valence-corrected chi connectivity index (χ2v) is 15.4. The molecule has 22 heteroatoms. The van der Waals surface area contributed by atoms with Gasteiger partial charge in [0.05, 0.1) is 37.1 Å². The molecule has 2 fully saturated rings. The highest BCUT2D eigenvalue weighted by atomic mass is 32.7. The first kappa shape index (κ1) is 30.5. The van der Waals surface area contributed by atoms with Crippen molar-refractivity contribution in [3.05, 3.63) is 35.3 Å². The fourth-order valence-corrected chi connectivity index (χ4v) is 7.11. The average Bonchev–Trinajstić information content (AvgIpc) is 3.71. The number of nitrogens with two attached hydrogens (primary N) is 2. The zero-order valence-corrected chi connectivity index (χ0v) is 25.6. The third-order valence-electron chi connectivity index (χ3n) is 6.98. The molecule has 0 radical (unpaired) electrons. The molecule has 2 aliphatic heterocycles. The van der Waals surface area contributed by atoms with Gasteiger partial charge in [0.1, 0.15) is 36.4 Å². The van der Waals surface area contributed by atoms with Gasteiger partial charge in [-0.15, -0.1) is 0 Å². The molecule has 0 amide bonds. The predicted molar refractivity (Wildman–Crippen MR) is 158 cm³/mol. The number of hydrogen-bond donors (Lipinski definition) is 6. The van der Waals surface area contributed by atoms with E-state index in [4.69, 9.17) is 46.3 Å². The molecule has 4 unspecified atom stereocenters. The van der Waals surface area contributed by atoms with Crippen LogP contribution in [0.5, 0.6) is 0 Å². The van der Waals surface area contributed by atoms with Gasteiger partial charge >= 0.3 is 13.5 Å². The summed E-state index contributed by atoms with van der Waals surface area (Å²) in [4.78, 5) is 51.5. The van der Waals surface area contributed by atoms with E-state index in [1.165, 1.54) is 12.7 Å². The minimum atomic E-state index is -4.15. The number of ether oxygens (including phenoxy) is 2. The fourth-order valence-electron chi connectivity index (χ4n) is 5.07. The lowest BCUT2D eigenvalue weighted by Gasteiger charge is -2.24. The number of rotatable bonds is 10. The van der Waals surface area contributed by atoms with Crippen LogP contribution in [-0.2, 0) is 39.4 Å². The zero-order valence-electron chi connectivity index (χ0n) is 22.1. The van der Waals surface area contributed by atoms with E-state index in [9.17, 15) is 19.1 Å². The highest BCUT2D eigenvalue weighted by Crippen LogP contribution is 2.51. The van der Waals surface area contributed by atoms with Gasteiger partial charge in [0.15, 0.2) is 11.2 Å². The van der Waals surface area contributed by atoms with Crippen LogP contribution < -0.4 is 17.0 Å². The number of nitrogens with zero attached hydrogens (tertiary/aromatic N) is 6. The number of nitrogen functional groups attached to an aromatic ring is 2. The van der Waals surface area contributed by atoms with Crippen molar-refractivity contribution in [3.8, 4) is 0 Å². The first-order chi connectivity index (χ1) is 20.4. The van der Waals surface area contributed by atoms with E-state index in [0.717, 1.165) is 0 Å². The largest absolute Gasteiger partial charge is 0.383 e. The van der Waals surface area contributed by atoms with Crippen molar-refractivity contribution in [1.29, 1.82) is 0 Å². The number of H-pyrrole nitrogens is 1.